The first-order chi connectivity index (χ1) is 25.8. The molecule has 0 aliphatic carbocycles. The normalized spacial score (nSPS) is 12.0. The van der Waals surface area contributed by atoms with E-state index in [4.69, 9.17) is 0 Å². The van der Waals surface area contributed by atoms with Crippen LogP contribution in [-0.2, 0) is 10.0 Å². The maximum Gasteiger partial charge on any atom is 0.414 e. The van der Waals surface area contributed by atoms with Crippen LogP contribution in [0.15, 0.2) is 127 Å². The Morgan fingerprint density at radius 2 is 1.54 bits per heavy atom. The van der Waals surface area contributed by atoms with E-state index in [1.807, 2.05) is 62.6 Å². The predicted octanol–water partition coefficient (Wildman–Crippen LogP) is 8.03. The molecule has 0 saturated carbocycles. The van der Waals surface area contributed by atoms with Crippen molar-refractivity contribution in [2.75, 3.05) is 48.0 Å². The first-order valence-corrected chi connectivity index (χ1v) is 18.7. The number of amides is 1. The van der Waals surface area contributed by atoms with Gasteiger partial charge >= 0.3 is 6.09 Å². The summed E-state index contributed by atoms with van der Waals surface area (Å²) in [5.41, 5.74) is 3.76. The molecule has 6 aromatic rings. The highest BCUT2D eigenvalue weighted by Crippen LogP contribution is 2.31. The lowest BCUT2D eigenvalue weighted by Crippen LogP contribution is -2.46. The van der Waals surface area contributed by atoms with E-state index in [1.54, 1.807) is 57.2 Å². The number of rotatable bonds is 13. The number of nitrogens with zero attached hydrogens (tertiary/aromatic N) is 6. The van der Waals surface area contributed by atoms with Gasteiger partial charge in [-0.25, -0.2) is 32.1 Å². The van der Waals surface area contributed by atoms with Gasteiger partial charge in [0.2, 0.25) is 5.95 Å². The number of fused-ring (bicyclic) bond motifs is 1. The Bertz CT molecular complexity index is 2390. The van der Waals surface area contributed by atoms with Crippen LogP contribution in [0, 0.1) is 0 Å². The van der Waals surface area contributed by atoms with Crippen LogP contribution in [-0.4, -0.2) is 76.2 Å². The van der Waals surface area contributed by atoms with Gasteiger partial charge in [0, 0.05) is 70.8 Å². The van der Waals surface area contributed by atoms with Crippen molar-refractivity contribution in [2.24, 2.45) is 0 Å². The minimum atomic E-state index is -3.88. The lowest BCUT2D eigenvalue weighted by molar-refractivity contribution is 0.195. The number of hydrogen-bond donors (Lipinski definition) is 4. The average molecular weight is 746 g/mol. The number of pyridine rings is 1. The maximum absolute atomic E-state index is 13.4. The van der Waals surface area contributed by atoms with Gasteiger partial charge in [-0.1, -0.05) is 36.4 Å². The number of carbonyl (C=O) groups is 1. The quantitative estimate of drug-likeness (QED) is 0.0849. The minimum Gasteiger partial charge on any atom is -0.465 e. The van der Waals surface area contributed by atoms with E-state index in [9.17, 15) is 18.3 Å². The van der Waals surface area contributed by atoms with Crippen molar-refractivity contribution in [3.05, 3.63) is 122 Å². The number of benzene rings is 3. The topological polar surface area (TPSA) is 158 Å². The van der Waals surface area contributed by atoms with E-state index in [1.165, 1.54) is 24.5 Å². The molecule has 0 fully saturated rings. The first-order valence-electron chi connectivity index (χ1n) is 17.3. The number of hydrogen-bond acceptors (Lipinski definition) is 10. The monoisotopic (exact) mass is 745 g/mol. The van der Waals surface area contributed by atoms with Crippen LogP contribution in [0.25, 0.3) is 22.3 Å². The molecule has 0 saturated heterocycles. The van der Waals surface area contributed by atoms with Crippen molar-refractivity contribution in [2.45, 2.75) is 31.2 Å². The molecule has 54 heavy (non-hydrogen) atoms. The van der Waals surface area contributed by atoms with Gasteiger partial charge < -0.3 is 26.0 Å². The van der Waals surface area contributed by atoms with E-state index in [0.29, 0.717) is 28.1 Å². The van der Waals surface area contributed by atoms with Crippen molar-refractivity contribution in [1.29, 1.82) is 0 Å². The van der Waals surface area contributed by atoms with Crippen LogP contribution in [0.1, 0.15) is 20.8 Å². The Kier molecular flexibility index (Phi) is 11.0. The van der Waals surface area contributed by atoms with Crippen molar-refractivity contribution >= 4 is 61.7 Å². The van der Waals surface area contributed by atoms with Gasteiger partial charge in [0.1, 0.15) is 5.82 Å². The molecule has 0 unspecified atom stereocenters. The van der Waals surface area contributed by atoms with Gasteiger partial charge in [-0.05, 0) is 102 Å². The summed E-state index contributed by atoms with van der Waals surface area (Å²) in [4.78, 5) is 29.7. The zero-order valence-electron chi connectivity index (χ0n) is 30.7. The molecular formula is C40H43N9O4S. The van der Waals surface area contributed by atoms with Gasteiger partial charge in [-0.15, -0.1) is 0 Å². The third kappa shape index (κ3) is 8.85. The fourth-order valence-corrected chi connectivity index (χ4v) is 6.99. The van der Waals surface area contributed by atoms with Crippen LogP contribution >= 0.6 is 0 Å². The van der Waals surface area contributed by atoms with E-state index >= 15 is 0 Å². The van der Waals surface area contributed by atoms with Gasteiger partial charge in [0.15, 0.2) is 5.65 Å². The molecule has 1 amide bonds. The number of carboxylic acid groups (broad SMARTS) is 1. The van der Waals surface area contributed by atoms with Crippen LogP contribution in [0.3, 0.4) is 0 Å². The summed E-state index contributed by atoms with van der Waals surface area (Å²) >= 11 is 0. The maximum atomic E-state index is 13.4. The molecule has 0 aliphatic rings. The highest BCUT2D eigenvalue weighted by Gasteiger charge is 2.31. The molecule has 0 atom stereocenters. The molecule has 0 spiro atoms. The molecule has 0 bridgehead atoms. The highest BCUT2D eigenvalue weighted by atomic mass is 32.2. The third-order valence-electron chi connectivity index (χ3n) is 8.24. The second kappa shape index (κ2) is 15.8. The number of aromatic nitrogens is 4. The van der Waals surface area contributed by atoms with E-state index in [2.05, 4.69) is 48.0 Å². The standard InChI is InChI=1S/C40H43N9O4S/c1-40(2,3)49(39(50)51)38-45-35(29-24-28-20-23-48(37(28)42-27-29)54(52,53)34-14-7-6-8-15-34)26-36(46-38)44-33-13-11-12-32(25-33)43-31-18-16-30(17-19-31)41-21-9-10-22-47(4)5/h6-20,23-27,41,43H,21-22H2,1-5H3,(H,50,51)(H,44,45,46)/b10-9+. The van der Waals surface area contributed by atoms with Crippen molar-refractivity contribution in [3.8, 4) is 11.3 Å². The zero-order chi connectivity index (χ0) is 38.5. The smallest absolute Gasteiger partial charge is 0.414 e. The van der Waals surface area contributed by atoms with Crippen LogP contribution < -0.4 is 20.9 Å². The van der Waals surface area contributed by atoms with E-state index in [0.717, 1.165) is 39.0 Å². The molecule has 14 heteroatoms. The number of likely N-dealkylation sites (N-methyl/N-ethyl adjacent to an activating group) is 1. The predicted molar refractivity (Wildman–Crippen MR) is 216 cm³/mol. The Labute approximate surface area is 315 Å². The fraction of sp³-hybridized carbons (Fsp3) is 0.200. The summed E-state index contributed by atoms with van der Waals surface area (Å²) in [7, 11) is 0.185. The molecule has 13 nitrogen and oxygen atoms in total. The molecule has 3 heterocycles. The van der Waals surface area contributed by atoms with E-state index < -0.39 is 21.7 Å². The fourth-order valence-electron chi connectivity index (χ4n) is 5.67. The van der Waals surface area contributed by atoms with Crippen LogP contribution in [0.2, 0.25) is 0 Å². The SMILES string of the molecule is CN(C)C/C=C/CNc1ccc(Nc2cccc(Nc3cc(-c4cnc5c(ccn5S(=O)(=O)c5ccccc5)c4)nc(N(C(=O)O)C(C)(C)C)n3)c2)cc1. The summed E-state index contributed by atoms with van der Waals surface area (Å²) in [5.74, 6) is 0.317. The average Bonchev–Trinajstić information content (AvgIpc) is 3.56. The van der Waals surface area contributed by atoms with Gasteiger partial charge in [-0.2, -0.15) is 4.98 Å². The summed E-state index contributed by atoms with van der Waals surface area (Å²) in [6.07, 6.45) is 6.00. The molecule has 3 aromatic carbocycles. The van der Waals surface area contributed by atoms with Crippen molar-refractivity contribution in [1.82, 2.24) is 23.8 Å². The first kappa shape index (κ1) is 37.5. The molecule has 278 valence electrons. The van der Waals surface area contributed by atoms with Gasteiger partial charge in [-0.3, -0.25) is 0 Å². The second-order valence-electron chi connectivity index (χ2n) is 13.8. The van der Waals surface area contributed by atoms with Crippen molar-refractivity contribution < 1.29 is 18.3 Å². The van der Waals surface area contributed by atoms with Crippen LogP contribution in [0.5, 0.6) is 0 Å². The molecule has 0 radical (unpaired) electrons. The number of anilines is 6. The summed E-state index contributed by atoms with van der Waals surface area (Å²) in [6, 6.07) is 29.0. The molecule has 0 aliphatic heterocycles. The summed E-state index contributed by atoms with van der Waals surface area (Å²) < 4.78 is 27.9. The lowest BCUT2D eigenvalue weighted by atomic mass is 10.1. The van der Waals surface area contributed by atoms with Gasteiger partial charge in [0.05, 0.1) is 10.6 Å². The summed E-state index contributed by atoms with van der Waals surface area (Å²) in [5, 5.41) is 20.9. The Morgan fingerprint density at radius 3 is 2.22 bits per heavy atom. The second-order valence-corrected chi connectivity index (χ2v) is 15.6. The Morgan fingerprint density at radius 1 is 0.833 bits per heavy atom. The zero-order valence-corrected chi connectivity index (χ0v) is 31.5. The van der Waals surface area contributed by atoms with Gasteiger partial charge in [0.25, 0.3) is 10.0 Å². The Balaban J connectivity index is 1.27. The molecule has 3 aromatic heterocycles. The molecule has 4 N–H and O–H groups in total. The summed E-state index contributed by atoms with van der Waals surface area (Å²) in [6.45, 7) is 6.90. The Hall–Kier alpha value is -6.25. The van der Waals surface area contributed by atoms with Crippen LogP contribution in [0.4, 0.5) is 39.3 Å². The van der Waals surface area contributed by atoms with Crippen molar-refractivity contribution in [3.63, 3.8) is 0 Å². The molecule has 6 rings (SSSR count). The van der Waals surface area contributed by atoms with E-state index in [-0.39, 0.29) is 16.5 Å². The largest absolute Gasteiger partial charge is 0.465 e. The lowest BCUT2D eigenvalue weighted by Gasteiger charge is -2.31. The molecular weight excluding hydrogens is 703 g/mol. The highest BCUT2D eigenvalue weighted by molar-refractivity contribution is 7.90. The third-order valence-corrected chi connectivity index (χ3v) is 9.92. The minimum absolute atomic E-state index is 0.0320. The number of nitrogens with one attached hydrogen (secondary N) is 3.